The molecule has 4 aromatic rings. The summed E-state index contributed by atoms with van der Waals surface area (Å²) in [6, 6.07) is 23.9. The number of Topliss-reactive ketones (excluding diaryl/α,β-unsaturated/α-hetero) is 1. The van der Waals surface area contributed by atoms with Crippen molar-refractivity contribution in [3.63, 3.8) is 0 Å². The molecule has 0 aromatic heterocycles. The number of ketones is 2. The summed E-state index contributed by atoms with van der Waals surface area (Å²) in [5.74, 6) is -0.646. The van der Waals surface area contributed by atoms with Gasteiger partial charge in [0.25, 0.3) is 0 Å². The average Bonchev–Trinajstić information content (AvgIpc) is 3.19. The fraction of sp³-hybridized carbons (Fsp3) is 0.235. The Balaban J connectivity index is 1.29. The van der Waals surface area contributed by atoms with Crippen LogP contribution < -0.4 is 11.1 Å². The van der Waals surface area contributed by atoms with E-state index in [1.165, 1.54) is 22.4 Å². The van der Waals surface area contributed by atoms with E-state index in [0.717, 1.165) is 22.0 Å². The maximum absolute atomic E-state index is 13.6. The summed E-state index contributed by atoms with van der Waals surface area (Å²) in [5.41, 5.74) is 9.03. The molecule has 2 aliphatic rings. The van der Waals surface area contributed by atoms with Gasteiger partial charge in [-0.1, -0.05) is 74.5 Å². The predicted molar refractivity (Wildman–Crippen MR) is 158 cm³/mol. The van der Waals surface area contributed by atoms with Crippen molar-refractivity contribution < 1.29 is 14.7 Å². The van der Waals surface area contributed by atoms with Crippen LogP contribution >= 0.6 is 0 Å². The third-order valence-electron chi connectivity index (χ3n) is 8.72. The first-order chi connectivity index (χ1) is 18.5. The molecule has 0 spiro atoms. The minimum absolute atomic E-state index is 0.0700. The molecule has 4 aromatic carbocycles. The number of rotatable bonds is 5. The van der Waals surface area contributed by atoms with Crippen LogP contribution in [0, 0.1) is 0 Å². The highest BCUT2D eigenvalue weighted by atomic mass is 16.3. The van der Waals surface area contributed by atoms with Gasteiger partial charge in [-0.3, -0.25) is 9.59 Å². The molecule has 1 atom stereocenters. The Morgan fingerprint density at radius 1 is 0.974 bits per heavy atom. The van der Waals surface area contributed by atoms with Crippen molar-refractivity contribution in [2.75, 3.05) is 11.1 Å². The summed E-state index contributed by atoms with van der Waals surface area (Å²) >= 11 is 0. The topological polar surface area (TPSA) is 92.4 Å². The van der Waals surface area contributed by atoms with Crippen LogP contribution in [0.3, 0.4) is 0 Å². The van der Waals surface area contributed by atoms with Gasteiger partial charge in [-0.25, -0.2) is 0 Å². The van der Waals surface area contributed by atoms with E-state index in [4.69, 9.17) is 5.73 Å². The van der Waals surface area contributed by atoms with Gasteiger partial charge in [-0.2, -0.15) is 0 Å². The number of hydrogen-bond donors (Lipinski definition) is 3. The van der Waals surface area contributed by atoms with Crippen LogP contribution in [0.15, 0.2) is 95.8 Å². The van der Waals surface area contributed by atoms with Crippen LogP contribution in [0.25, 0.3) is 21.5 Å². The van der Waals surface area contributed by atoms with Crippen LogP contribution in [-0.2, 0) is 20.4 Å². The third-order valence-corrected chi connectivity index (χ3v) is 8.72. The van der Waals surface area contributed by atoms with Gasteiger partial charge in [-0.05, 0) is 64.7 Å². The van der Waals surface area contributed by atoms with Crippen molar-refractivity contribution in [1.29, 1.82) is 0 Å². The van der Waals surface area contributed by atoms with E-state index in [9.17, 15) is 14.7 Å². The second-order valence-corrected chi connectivity index (χ2v) is 11.8. The maximum atomic E-state index is 13.6. The first-order valence-corrected chi connectivity index (χ1v) is 13.3. The van der Waals surface area contributed by atoms with E-state index < -0.39 is 5.41 Å². The molecule has 0 radical (unpaired) electrons. The van der Waals surface area contributed by atoms with Crippen LogP contribution in [0.4, 0.5) is 11.4 Å². The highest BCUT2D eigenvalue weighted by Crippen LogP contribution is 2.48. The molecule has 39 heavy (non-hydrogen) atoms. The number of nitrogens with two attached hydrogens (primary N) is 1. The van der Waals surface area contributed by atoms with E-state index in [0.29, 0.717) is 17.7 Å². The minimum Gasteiger partial charge on any atom is -0.507 e. The van der Waals surface area contributed by atoms with E-state index in [-0.39, 0.29) is 34.4 Å². The summed E-state index contributed by atoms with van der Waals surface area (Å²) in [6.07, 6.45) is 1.66. The first kappa shape index (κ1) is 24.9. The fourth-order valence-corrected chi connectivity index (χ4v) is 6.36. The molecule has 0 fully saturated rings. The van der Waals surface area contributed by atoms with E-state index in [2.05, 4.69) is 43.4 Å². The molecule has 0 saturated heterocycles. The van der Waals surface area contributed by atoms with Crippen molar-refractivity contribution in [3.05, 3.63) is 107 Å². The molecule has 1 unspecified atom stereocenters. The Morgan fingerprint density at radius 3 is 2.28 bits per heavy atom. The molecule has 0 amide bonds. The second kappa shape index (κ2) is 8.57. The molecular formula is C34H32N2O3. The van der Waals surface area contributed by atoms with Gasteiger partial charge in [-0.15, -0.1) is 0 Å². The van der Waals surface area contributed by atoms with Crippen LogP contribution in [0.1, 0.15) is 45.2 Å². The number of aliphatic hydroxyl groups excluding tert-OH is 1. The smallest absolute Gasteiger partial charge is 0.196 e. The molecule has 1 heterocycles. The predicted octanol–water partition coefficient (Wildman–Crippen LogP) is 6.91. The molecule has 196 valence electrons. The second-order valence-electron chi connectivity index (χ2n) is 11.8. The monoisotopic (exact) mass is 516 g/mol. The van der Waals surface area contributed by atoms with Crippen LogP contribution in [0.5, 0.6) is 0 Å². The number of nitrogen functional groups attached to an aromatic ring is 1. The van der Waals surface area contributed by atoms with Crippen LogP contribution in [-0.4, -0.2) is 22.7 Å². The Hall–Kier alpha value is -4.38. The van der Waals surface area contributed by atoms with Crippen molar-refractivity contribution in [3.8, 4) is 0 Å². The Labute approximate surface area is 228 Å². The summed E-state index contributed by atoms with van der Waals surface area (Å²) in [4.78, 5) is 26.8. The molecule has 1 aliphatic heterocycles. The molecule has 1 aliphatic carbocycles. The van der Waals surface area contributed by atoms with Crippen molar-refractivity contribution in [2.24, 2.45) is 0 Å². The lowest BCUT2D eigenvalue weighted by Crippen LogP contribution is -2.37. The molecule has 0 saturated carbocycles. The van der Waals surface area contributed by atoms with E-state index in [1.54, 1.807) is 6.07 Å². The average molecular weight is 517 g/mol. The number of nitrogens with one attached hydrogen (secondary N) is 1. The lowest BCUT2D eigenvalue weighted by Gasteiger charge is -2.32. The number of benzene rings is 4. The molecular weight excluding hydrogens is 484 g/mol. The Bertz CT molecular complexity index is 1770. The molecule has 5 heteroatoms. The maximum Gasteiger partial charge on any atom is 0.196 e. The molecule has 5 nitrogen and oxygen atoms in total. The molecule has 0 bridgehead atoms. The summed E-state index contributed by atoms with van der Waals surface area (Å²) in [7, 11) is 0. The van der Waals surface area contributed by atoms with Crippen molar-refractivity contribution >= 4 is 44.5 Å². The van der Waals surface area contributed by atoms with Gasteiger partial charge in [0, 0.05) is 34.8 Å². The third kappa shape index (κ3) is 3.68. The van der Waals surface area contributed by atoms with Gasteiger partial charge >= 0.3 is 0 Å². The van der Waals surface area contributed by atoms with Gasteiger partial charge in [0.2, 0.25) is 0 Å². The Morgan fingerprint density at radius 2 is 1.59 bits per heavy atom. The largest absolute Gasteiger partial charge is 0.507 e. The number of carbonyl (C=O) groups is 2. The highest BCUT2D eigenvalue weighted by Gasteiger charge is 2.45. The number of carbonyl (C=O) groups excluding carboxylic acids is 2. The van der Waals surface area contributed by atoms with Gasteiger partial charge < -0.3 is 16.2 Å². The summed E-state index contributed by atoms with van der Waals surface area (Å²) in [5, 5.41) is 18.8. The quantitative estimate of drug-likeness (QED) is 0.198. The number of aliphatic hydroxyl groups is 1. The van der Waals surface area contributed by atoms with Gasteiger partial charge in [0.1, 0.15) is 5.76 Å². The summed E-state index contributed by atoms with van der Waals surface area (Å²) in [6.45, 7) is 7.95. The van der Waals surface area contributed by atoms with Crippen molar-refractivity contribution in [2.45, 2.75) is 51.0 Å². The number of anilines is 2. The molecule has 4 N–H and O–H groups in total. The Kier molecular flexibility index (Phi) is 5.48. The van der Waals surface area contributed by atoms with Gasteiger partial charge in [0.15, 0.2) is 11.6 Å². The zero-order valence-electron chi connectivity index (χ0n) is 22.6. The standard InChI is InChI=1S/C34H32N2O3/c1-33(2)27(36-26-16-14-20-10-6-8-12-22(20)30(26)33)17-23-31(38)24(32(23)39)18-28(37)34(3,4)29-21-11-7-5-9-19(21)13-15-25(29)35/h5-16,18,27,36,38H,17,35H2,1-4H3/b24-18-. The minimum atomic E-state index is -0.994. The first-order valence-electron chi connectivity index (χ1n) is 13.3. The van der Waals surface area contributed by atoms with E-state index in [1.807, 2.05) is 56.3 Å². The SMILES string of the molecule is CC(C)(C(=O)/C=C1\C(=O)C(CC2Nc3ccc4ccccc4c3C2(C)C)=C1O)c1c(N)ccc2ccccc12. The normalized spacial score (nSPS) is 19.3. The van der Waals surface area contributed by atoms with Crippen LogP contribution in [0.2, 0.25) is 0 Å². The van der Waals surface area contributed by atoms with Crippen molar-refractivity contribution in [1.82, 2.24) is 0 Å². The fourth-order valence-electron chi connectivity index (χ4n) is 6.36. The highest BCUT2D eigenvalue weighted by molar-refractivity contribution is 6.22. The number of allylic oxidation sites excluding steroid dienone is 2. The summed E-state index contributed by atoms with van der Waals surface area (Å²) < 4.78 is 0. The number of hydrogen-bond acceptors (Lipinski definition) is 5. The van der Waals surface area contributed by atoms with Gasteiger partial charge in [0.05, 0.1) is 11.0 Å². The van der Waals surface area contributed by atoms with E-state index >= 15 is 0 Å². The number of fused-ring (bicyclic) bond motifs is 4. The zero-order chi connectivity index (χ0) is 27.7. The lowest BCUT2D eigenvalue weighted by molar-refractivity contribution is -0.119. The molecule has 6 rings (SSSR count). The zero-order valence-corrected chi connectivity index (χ0v) is 22.6. The lowest BCUT2D eigenvalue weighted by atomic mass is 9.72.